The summed E-state index contributed by atoms with van der Waals surface area (Å²) in [6.45, 7) is 3.79. The van der Waals surface area contributed by atoms with Crippen molar-refractivity contribution >= 4 is 5.91 Å². The normalized spacial score (nSPS) is 20.8. The molecule has 0 spiro atoms. The second-order valence-electron chi connectivity index (χ2n) is 17.6. The number of carbonyl (C=O) groups excluding carboxylic acids is 1. The molecule has 1 saturated heterocycles. The Labute approximate surface area is 356 Å². The van der Waals surface area contributed by atoms with Crippen molar-refractivity contribution in [3.63, 3.8) is 0 Å². The van der Waals surface area contributed by atoms with Gasteiger partial charge >= 0.3 is 0 Å². The average Bonchev–Trinajstić information content (AvgIpc) is 3.22. The third kappa shape index (κ3) is 30.0. The zero-order chi connectivity index (χ0) is 42.3. The number of carbonyl (C=O) groups is 1. The first-order chi connectivity index (χ1) is 28.3. The third-order valence-corrected chi connectivity index (χ3v) is 12.1. The van der Waals surface area contributed by atoms with Crippen LogP contribution < -0.4 is 5.32 Å². The molecule has 1 amide bonds. The Hall–Kier alpha value is -1.07. The SMILES string of the molecule is CCCCCCCCCCCCCC/C=C/[C@@H](O)[C@H](CO[C@@H]1O[C@H](CO)[C@@H](O)C(O)C1O)NC(=O)CCCCCCCCCCCCCCCCCCCCCCC. The summed E-state index contributed by atoms with van der Waals surface area (Å²) in [4.78, 5) is 13.0. The molecule has 1 fully saturated rings. The minimum atomic E-state index is -1.56. The van der Waals surface area contributed by atoms with E-state index in [1.807, 2.05) is 6.08 Å². The van der Waals surface area contributed by atoms with Crippen LogP contribution in [0.25, 0.3) is 0 Å². The molecule has 7 atom stereocenters. The molecule has 0 aromatic heterocycles. The van der Waals surface area contributed by atoms with Gasteiger partial charge in [-0.25, -0.2) is 0 Å². The maximum absolute atomic E-state index is 13.0. The summed E-state index contributed by atoms with van der Waals surface area (Å²) in [5.74, 6) is -0.173. The molecule has 1 heterocycles. The Morgan fingerprint density at radius 3 is 1.34 bits per heavy atom. The Balaban J connectivity index is 2.27. The lowest BCUT2D eigenvalue weighted by molar-refractivity contribution is -0.302. The molecule has 1 rings (SSSR count). The van der Waals surface area contributed by atoms with Gasteiger partial charge in [-0.1, -0.05) is 225 Å². The molecule has 58 heavy (non-hydrogen) atoms. The van der Waals surface area contributed by atoms with Crippen molar-refractivity contribution in [1.29, 1.82) is 0 Å². The fourth-order valence-electron chi connectivity index (χ4n) is 8.10. The zero-order valence-electron chi connectivity index (χ0n) is 37.8. The van der Waals surface area contributed by atoms with Gasteiger partial charge in [0.25, 0.3) is 0 Å². The molecule has 0 bridgehead atoms. The van der Waals surface area contributed by atoms with Gasteiger partial charge in [0.15, 0.2) is 6.29 Å². The highest BCUT2D eigenvalue weighted by atomic mass is 16.7. The van der Waals surface area contributed by atoms with E-state index >= 15 is 0 Å². The van der Waals surface area contributed by atoms with Crippen molar-refractivity contribution in [2.24, 2.45) is 0 Å². The maximum atomic E-state index is 13.0. The lowest BCUT2D eigenvalue weighted by Crippen LogP contribution is -2.60. The summed E-state index contributed by atoms with van der Waals surface area (Å²) in [6, 6.07) is -0.798. The summed E-state index contributed by atoms with van der Waals surface area (Å²) in [5.41, 5.74) is 0. The standard InChI is InChI=1S/C49H95NO8/c1-3-5-7-9-11-13-15-17-19-20-21-22-23-24-25-27-29-31-33-35-37-39-45(53)50-42(41-57-49-48(56)47(55)46(54)44(40-51)58-49)43(52)38-36-34-32-30-28-26-18-16-14-12-10-8-6-4-2/h36,38,42-44,46-49,51-52,54-56H,3-35,37,39-41H2,1-2H3,(H,50,53)/b38-36+/t42-,43+,44+,46+,47?,48?,49+/m0/s1. The van der Waals surface area contributed by atoms with Crippen molar-refractivity contribution in [2.45, 2.75) is 281 Å². The number of aliphatic hydroxyl groups excluding tert-OH is 5. The Morgan fingerprint density at radius 1 is 0.569 bits per heavy atom. The van der Waals surface area contributed by atoms with Gasteiger partial charge in [0.1, 0.15) is 24.4 Å². The molecule has 0 aliphatic carbocycles. The first-order valence-electron chi connectivity index (χ1n) is 24.9. The van der Waals surface area contributed by atoms with Crippen LogP contribution >= 0.6 is 0 Å². The van der Waals surface area contributed by atoms with E-state index in [0.717, 1.165) is 38.5 Å². The molecular weight excluding hydrogens is 731 g/mol. The second-order valence-corrected chi connectivity index (χ2v) is 17.6. The number of hydrogen-bond acceptors (Lipinski definition) is 8. The molecule has 9 nitrogen and oxygen atoms in total. The summed E-state index contributed by atoms with van der Waals surface area (Å²) in [7, 11) is 0. The van der Waals surface area contributed by atoms with Crippen molar-refractivity contribution in [1.82, 2.24) is 5.32 Å². The predicted molar refractivity (Wildman–Crippen MR) is 240 cm³/mol. The number of aliphatic hydroxyl groups is 5. The van der Waals surface area contributed by atoms with Crippen LogP contribution in [-0.4, -0.2) is 87.5 Å². The van der Waals surface area contributed by atoms with E-state index < -0.39 is 49.5 Å². The lowest BCUT2D eigenvalue weighted by Gasteiger charge is -2.40. The molecule has 0 saturated carbocycles. The van der Waals surface area contributed by atoms with Crippen LogP contribution in [0, 0.1) is 0 Å². The highest BCUT2D eigenvalue weighted by Gasteiger charge is 2.44. The Kier molecular flexibility index (Phi) is 37.9. The van der Waals surface area contributed by atoms with Gasteiger partial charge in [0.2, 0.25) is 5.91 Å². The molecular formula is C49H95NO8. The molecule has 6 N–H and O–H groups in total. The van der Waals surface area contributed by atoms with Crippen molar-refractivity contribution < 1.29 is 39.8 Å². The van der Waals surface area contributed by atoms with Crippen molar-refractivity contribution in [3.05, 3.63) is 12.2 Å². The summed E-state index contributed by atoms with van der Waals surface area (Å²) in [5, 5.41) is 54.3. The monoisotopic (exact) mass is 826 g/mol. The van der Waals surface area contributed by atoms with Crippen LogP contribution in [-0.2, 0) is 14.3 Å². The van der Waals surface area contributed by atoms with Gasteiger partial charge in [-0.05, 0) is 19.3 Å². The molecule has 1 aliphatic heterocycles. The van der Waals surface area contributed by atoms with Crippen LogP contribution in [0.5, 0.6) is 0 Å². The molecule has 0 aromatic rings. The van der Waals surface area contributed by atoms with E-state index in [2.05, 4.69) is 19.2 Å². The number of rotatable bonds is 42. The number of amides is 1. The number of nitrogens with one attached hydrogen (secondary N) is 1. The van der Waals surface area contributed by atoms with E-state index in [9.17, 15) is 30.3 Å². The van der Waals surface area contributed by atoms with Crippen LogP contribution in [0.3, 0.4) is 0 Å². The fraction of sp³-hybridized carbons (Fsp3) is 0.939. The minimum absolute atomic E-state index is 0.173. The van der Waals surface area contributed by atoms with Gasteiger partial charge in [0.05, 0.1) is 25.4 Å². The lowest BCUT2D eigenvalue weighted by atomic mass is 9.99. The smallest absolute Gasteiger partial charge is 0.220 e. The first-order valence-corrected chi connectivity index (χ1v) is 24.9. The maximum Gasteiger partial charge on any atom is 0.220 e. The third-order valence-electron chi connectivity index (χ3n) is 12.1. The quantitative estimate of drug-likeness (QED) is 0.0263. The van der Waals surface area contributed by atoms with Crippen LogP contribution in [0.4, 0.5) is 0 Å². The molecule has 1 aliphatic rings. The topological polar surface area (TPSA) is 149 Å². The highest BCUT2D eigenvalue weighted by molar-refractivity contribution is 5.76. The van der Waals surface area contributed by atoms with Gasteiger partial charge in [-0.3, -0.25) is 4.79 Å². The van der Waals surface area contributed by atoms with Gasteiger partial charge < -0.3 is 40.3 Å². The number of unbranched alkanes of at least 4 members (excludes halogenated alkanes) is 32. The summed E-state index contributed by atoms with van der Waals surface area (Å²) < 4.78 is 11.2. The van der Waals surface area contributed by atoms with Crippen molar-refractivity contribution in [2.75, 3.05) is 13.2 Å². The average molecular weight is 826 g/mol. The molecule has 344 valence electrons. The predicted octanol–water partition coefficient (Wildman–Crippen LogP) is 10.9. The second kappa shape index (κ2) is 40.0. The van der Waals surface area contributed by atoms with Crippen LogP contribution in [0.15, 0.2) is 12.2 Å². The van der Waals surface area contributed by atoms with Crippen LogP contribution in [0.2, 0.25) is 0 Å². The van der Waals surface area contributed by atoms with Gasteiger partial charge in [0, 0.05) is 6.42 Å². The number of allylic oxidation sites excluding steroid dienone is 1. The summed E-state index contributed by atoms with van der Waals surface area (Å²) in [6.07, 6.45) is 39.7. The number of hydrogen-bond donors (Lipinski definition) is 6. The fourth-order valence-corrected chi connectivity index (χ4v) is 8.10. The van der Waals surface area contributed by atoms with E-state index in [-0.39, 0.29) is 12.5 Å². The molecule has 2 unspecified atom stereocenters. The zero-order valence-corrected chi connectivity index (χ0v) is 37.8. The van der Waals surface area contributed by atoms with E-state index in [1.165, 1.54) is 180 Å². The van der Waals surface area contributed by atoms with E-state index in [0.29, 0.717) is 6.42 Å². The molecule has 0 aromatic carbocycles. The summed E-state index contributed by atoms with van der Waals surface area (Å²) >= 11 is 0. The van der Waals surface area contributed by atoms with E-state index in [1.54, 1.807) is 6.08 Å². The largest absolute Gasteiger partial charge is 0.394 e. The molecule has 9 heteroatoms. The van der Waals surface area contributed by atoms with Gasteiger partial charge in [-0.2, -0.15) is 0 Å². The Bertz CT molecular complexity index is 919. The van der Waals surface area contributed by atoms with Crippen molar-refractivity contribution in [3.8, 4) is 0 Å². The number of ether oxygens (including phenoxy) is 2. The first kappa shape index (κ1) is 54.9. The van der Waals surface area contributed by atoms with Gasteiger partial charge in [-0.15, -0.1) is 0 Å². The van der Waals surface area contributed by atoms with E-state index in [4.69, 9.17) is 9.47 Å². The Morgan fingerprint density at radius 2 is 0.948 bits per heavy atom. The van der Waals surface area contributed by atoms with Crippen LogP contribution in [0.1, 0.15) is 239 Å². The molecule has 0 radical (unpaired) electrons. The highest BCUT2D eigenvalue weighted by Crippen LogP contribution is 2.23. The minimum Gasteiger partial charge on any atom is -0.394 e.